The maximum Gasteiger partial charge on any atom is 0.330 e. The summed E-state index contributed by atoms with van der Waals surface area (Å²) in [4.78, 5) is 36.4. The van der Waals surface area contributed by atoms with Gasteiger partial charge in [0.25, 0.3) is 5.91 Å². The van der Waals surface area contributed by atoms with Gasteiger partial charge in [-0.2, -0.15) is 0 Å². The van der Waals surface area contributed by atoms with E-state index in [2.05, 4.69) is 15.3 Å². The van der Waals surface area contributed by atoms with Gasteiger partial charge < -0.3 is 5.32 Å². The maximum atomic E-state index is 12.7. The molecular weight excluding hydrogens is 342 g/mol. The van der Waals surface area contributed by atoms with Crippen LogP contribution in [0.3, 0.4) is 0 Å². The van der Waals surface area contributed by atoms with Gasteiger partial charge in [-0.3, -0.25) is 19.6 Å². The van der Waals surface area contributed by atoms with E-state index in [4.69, 9.17) is 0 Å². The molecule has 1 aromatic carbocycles. The second-order valence-electron chi connectivity index (χ2n) is 6.02. The van der Waals surface area contributed by atoms with Crippen LogP contribution in [0, 0.1) is 0 Å². The third-order valence-corrected chi connectivity index (χ3v) is 4.30. The van der Waals surface area contributed by atoms with Crippen LogP contribution in [0.1, 0.15) is 10.4 Å². The molecule has 1 N–H and O–H groups in total. The number of nitrogens with zero attached hydrogens (tertiary/aromatic N) is 4. The average molecular weight is 359 g/mol. The summed E-state index contributed by atoms with van der Waals surface area (Å²) in [6, 6.07) is 16.2. The highest BCUT2D eigenvalue weighted by Gasteiger charge is 2.31. The Morgan fingerprint density at radius 3 is 2.37 bits per heavy atom. The van der Waals surface area contributed by atoms with Crippen LogP contribution in [-0.4, -0.2) is 35.0 Å². The molecule has 4 rings (SSSR count). The Balaban J connectivity index is 1.45. The zero-order valence-electron chi connectivity index (χ0n) is 14.4. The number of carbonyl (C=O) groups excluding carboxylic acids is 2. The van der Waals surface area contributed by atoms with Crippen molar-refractivity contribution in [2.24, 2.45) is 0 Å². The van der Waals surface area contributed by atoms with Crippen molar-refractivity contribution < 1.29 is 9.59 Å². The number of carbonyl (C=O) groups is 2. The van der Waals surface area contributed by atoms with Crippen molar-refractivity contribution in [3.05, 3.63) is 78.8 Å². The Morgan fingerprint density at radius 2 is 1.67 bits per heavy atom. The molecule has 7 heteroatoms. The number of anilines is 3. The van der Waals surface area contributed by atoms with Crippen molar-refractivity contribution >= 4 is 29.1 Å². The zero-order valence-corrected chi connectivity index (χ0v) is 14.4. The van der Waals surface area contributed by atoms with Crippen LogP contribution in [0.5, 0.6) is 0 Å². The van der Waals surface area contributed by atoms with E-state index in [0.29, 0.717) is 30.2 Å². The standard InChI is InChI=1S/C20H17N5O2/c26-19(15-8-10-21-11-9-15)23-16-6-7-18(22-14-16)25-13-12-24(20(25)27)17-4-2-1-3-5-17/h1-11,14H,12-13H2,(H,23,26). The molecule has 0 spiro atoms. The van der Waals surface area contributed by atoms with Gasteiger partial charge in [-0.1, -0.05) is 18.2 Å². The normalized spacial score (nSPS) is 13.7. The average Bonchev–Trinajstić information content (AvgIpc) is 3.11. The summed E-state index contributed by atoms with van der Waals surface area (Å²) in [5.74, 6) is 0.319. The quantitative estimate of drug-likeness (QED) is 0.776. The van der Waals surface area contributed by atoms with Crippen LogP contribution < -0.4 is 15.1 Å². The molecule has 3 heterocycles. The topological polar surface area (TPSA) is 78.4 Å². The molecule has 1 aliphatic heterocycles. The van der Waals surface area contributed by atoms with E-state index in [1.807, 2.05) is 30.3 Å². The molecule has 0 bridgehead atoms. The van der Waals surface area contributed by atoms with Crippen molar-refractivity contribution in [1.29, 1.82) is 0 Å². The minimum absolute atomic E-state index is 0.109. The molecule has 3 amide bonds. The highest BCUT2D eigenvalue weighted by atomic mass is 16.2. The fraction of sp³-hybridized carbons (Fsp3) is 0.100. The Labute approximate surface area is 156 Å². The summed E-state index contributed by atoms with van der Waals surface area (Å²) >= 11 is 0. The number of hydrogen-bond acceptors (Lipinski definition) is 4. The molecule has 27 heavy (non-hydrogen) atoms. The van der Waals surface area contributed by atoms with Gasteiger partial charge >= 0.3 is 6.03 Å². The summed E-state index contributed by atoms with van der Waals surface area (Å²) in [5.41, 5.74) is 1.95. The first-order valence-electron chi connectivity index (χ1n) is 8.54. The number of para-hydroxylation sites is 1. The number of rotatable bonds is 4. The van der Waals surface area contributed by atoms with Crippen LogP contribution in [0.2, 0.25) is 0 Å². The molecule has 2 aromatic heterocycles. The van der Waals surface area contributed by atoms with Crippen molar-refractivity contribution in [2.45, 2.75) is 0 Å². The van der Waals surface area contributed by atoms with Gasteiger partial charge in [0, 0.05) is 36.7 Å². The van der Waals surface area contributed by atoms with Gasteiger partial charge in [0.15, 0.2) is 0 Å². The zero-order chi connectivity index (χ0) is 18.6. The molecule has 0 saturated carbocycles. The first kappa shape index (κ1) is 16.7. The van der Waals surface area contributed by atoms with Gasteiger partial charge in [0.05, 0.1) is 11.9 Å². The van der Waals surface area contributed by atoms with Crippen molar-refractivity contribution in [2.75, 3.05) is 28.2 Å². The first-order valence-corrected chi connectivity index (χ1v) is 8.54. The molecule has 0 atom stereocenters. The van der Waals surface area contributed by atoms with Crippen LogP contribution >= 0.6 is 0 Å². The number of pyridine rings is 2. The molecule has 0 unspecified atom stereocenters. The number of hydrogen-bond donors (Lipinski definition) is 1. The molecule has 0 aliphatic carbocycles. The van der Waals surface area contributed by atoms with Gasteiger partial charge in [-0.25, -0.2) is 9.78 Å². The van der Waals surface area contributed by atoms with E-state index in [1.165, 1.54) is 0 Å². The summed E-state index contributed by atoms with van der Waals surface area (Å²) in [7, 11) is 0. The predicted molar refractivity (Wildman–Crippen MR) is 103 cm³/mol. The van der Waals surface area contributed by atoms with E-state index < -0.39 is 0 Å². The monoisotopic (exact) mass is 359 g/mol. The lowest BCUT2D eigenvalue weighted by atomic mass is 10.2. The Morgan fingerprint density at radius 1 is 0.926 bits per heavy atom. The van der Waals surface area contributed by atoms with E-state index in [-0.39, 0.29) is 11.9 Å². The number of amides is 3. The summed E-state index contributed by atoms with van der Waals surface area (Å²) in [6.07, 6.45) is 4.67. The minimum Gasteiger partial charge on any atom is -0.321 e. The first-order chi connectivity index (χ1) is 13.2. The van der Waals surface area contributed by atoms with Gasteiger partial charge in [0.1, 0.15) is 5.82 Å². The molecule has 134 valence electrons. The van der Waals surface area contributed by atoms with E-state index >= 15 is 0 Å². The van der Waals surface area contributed by atoms with Crippen molar-refractivity contribution in [3.63, 3.8) is 0 Å². The van der Waals surface area contributed by atoms with Gasteiger partial charge in [-0.05, 0) is 36.4 Å². The molecular formula is C20H17N5O2. The minimum atomic E-state index is -0.237. The van der Waals surface area contributed by atoms with Gasteiger partial charge in [0.2, 0.25) is 0 Å². The molecule has 3 aromatic rings. The summed E-state index contributed by atoms with van der Waals surface area (Å²) < 4.78 is 0. The third-order valence-electron chi connectivity index (χ3n) is 4.30. The summed E-state index contributed by atoms with van der Waals surface area (Å²) in [5, 5.41) is 2.78. The highest BCUT2D eigenvalue weighted by Crippen LogP contribution is 2.24. The SMILES string of the molecule is O=C(Nc1ccc(N2CCN(c3ccccc3)C2=O)nc1)c1ccncc1. The lowest BCUT2D eigenvalue weighted by Gasteiger charge is -2.18. The van der Waals surface area contributed by atoms with Crippen LogP contribution in [0.4, 0.5) is 22.0 Å². The predicted octanol–water partition coefficient (Wildman–Crippen LogP) is 3.18. The Hall–Kier alpha value is -3.74. The van der Waals surface area contributed by atoms with Crippen LogP contribution in [0.25, 0.3) is 0 Å². The Kier molecular flexibility index (Phi) is 4.49. The highest BCUT2D eigenvalue weighted by molar-refractivity contribution is 6.06. The van der Waals surface area contributed by atoms with E-state index in [0.717, 1.165) is 5.69 Å². The van der Waals surface area contributed by atoms with Crippen molar-refractivity contribution in [1.82, 2.24) is 9.97 Å². The molecule has 0 radical (unpaired) electrons. The fourth-order valence-corrected chi connectivity index (χ4v) is 2.92. The molecule has 1 aliphatic rings. The second-order valence-corrected chi connectivity index (χ2v) is 6.02. The number of benzene rings is 1. The van der Waals surface area contributed by atoms with E-state index in [9.17, 15) is 9.59 Å². The second kappa shape index (κ2) is 7.25. The molecule has 1 fully saturated rings. The molecule has 7 nitrogen and oxygen atoms in total. The van der Waals surface area contributed by atoms with Crippen LogP contribution in [0.15, 0.2) is 73.2 Å². The van der Waals surface area contributed by atoms with E-state index in [1.54, 1.807) is 52.7 Å². The number of aromatic nitrogens is 2. The van der Waals surface area contributed by atoms with Gasteiger partial charge in [-0.15, -0.1) is 0 Å². The Bertz CT molecular complexity index is 945. The number of nitrogens with one attached hydrogen (secondary N) is 1. The van der Waals surface area contributed by atoms with Crippen molar-refractivity contribution in [3.8, 4) is 0 Å². The van der Waals surface area contributed by atoms with Crippen LogP contribution in [-0.2, 0) is 0 Å². The number of urea groups is 1. The maximum absolute atomic E-state index is 12.7. The third kappa shape index (κ3) is 3.48. The summed E-state index contributed by atoms with van der Waals surface area (Å²) in [6.45, 7) is 1.16. The largest absolute Gasteiger partial charge is 0.330 e. The smallest absolute Gasteiger partial charge is 0.321 e. The molecule has 1 saturated heterocycles. The lowest BCUT2D eigenvalue weighted by Crippen LogP contribution is -2.32. The lowest BCUT2D eigenvalue weighted by molar-refractivity contribution is 0.102. The fourth-order valence-electron chi connectivity index (χ4n) is 2.92.